The zero-order valence-corrected chi connectivity index (χ0v) is 18.3. The summed E-state index contributed by atoms with van der Waals surface area (Å²) in [6, 6.07) is 6.29. The van der Waals surface area contributed by atoms with Gasteiger partial charge in [0.05, 0.1) is 41.3 Å². The normalized spacial score (nSPS) is 12.8. The maximum Gasteiger partial charge on any atom is 0.416 e. The van der Waals surface area contributed by atoms with Crippen molar-refractivity contribution < 1.29 is 23.1 Å². The Balaban J connectivity index is 1.42. The van der Waals surface area contributed by atoms with E-state index in [0.29, 0.717) is 24.0 Å². The lowest BCUT2D eigenvalue weighted by Crippen LogP contribution is -2.27. The van der Waals surface area contributed by atoms with E-state index in [1.54, 1.807) is 23.2 Å². The van der Waals surface area contributed by atoms with Gasteiger partial charge >= 0.3 is 6.18 Å². The summed E-state index contributed by atoms with van der Waals surface area (Å²) in [6.07, 6.45) is 0.789. The lowest BCUT2D eigenvalue weighted by atomic mass is 10.1. The van der Waals surface area contributed by atoms with Crippen molar-refractivity contribution in [3.05, 3.63) is 75.8 Å². The van der Waals surface area contributed by atoms with Crippen molar-refractivity contribution in [2.75, 3.05) is 6.61 Å². The lowest BCUT2D eigenvalue weighted by Gasteiger charge is -2.11. The Kier molecular flexibility index (Phi) is 6.43. The Hall–Kier alpha value is -3.31. The second kappa shape index (κ2) is 9.28. The summed E-state index contributed by atoms with van der Waals surface area (Å²) in [5.74, 6) is -0.362. The molecule has 4 aromatic rings. The molecule has 11 heteroatoms. The molecule has 1 amide bonds. The van der Waals surface area contributed by atoms with Crippen LogP contribution >= 0.6 is 11.3 Å². The molecule has 0 aliphatic heterocycles. The minimum Gasteiger partial charge on any atom is -0.395 e. The first-order valence-electron chi connectivity index (χ1n) is 10.1. The SMILES string of the molecule is CC(NC(=O)c1cc2c(cn1)ncn2CCO)c1cnc(Cc2ccc(C(F)(F)F)cc2)s1. The Morgan fingerprint density at radius 1 is 1.18 bits per heavy atom. The number of rotatable bonds is 7. The number of carbonyl (C=O) groups excluding carboxylic acids is 1. The smallest absolute Gasteiger partial charge is 0.395 e. The second-order valence-electron chi connectivity index (χ2n) is 7.44. The van der Waals surface area contributed by atoms with Gasteiger partial charge < -0.3 is 15.0 Å². The maximum atomic E-state index is 12.7. The topological polar surface area (TPSA) is 92.9 Å². The molecule has 0 aliphatic carbocycles. The van der Waals surface area contributed by atoms with E-state index in [1.807, 2.05) is 6.92 Å². The highest BCUT2D eigenvalue weighted by molar-refractivity contribution is 7.11. The molecular formula is C22H20F3N5O2S. The molecule has 0 bridgehead atoms. The van der Waals surface area contributed by atoms with Crippen LogP contribution in [0.25, 0.3) is 11.0 Å². The first-order valence-corrected chi connectivity index (χ1v) is 10.9. The highest BCUT2D eigenvalue weighted by Gasteiger charge is 2.30. The predicted octanol–water partition coefficient (Wildman–Crippen LogP) is 3.98. The molecule has 1 aromatic carbocycles. The molecule has 1 atom stereocenters. The number of halogens is 3. The third-order valence-electron chi connectivity index (χ3n) is 5.06. The largest absolute Gasteiger partial charge is 0.416 e. The minimum absolute atomic E-state index is 0.0491. The molecule has 0 saturated heterocycles. The Labute approximate surface area is 191 Å². The van der Waals surface area contributed by atoms with Gasteiger partial charge in [0.2, 0.25) is 0 Å². The molecule has 2 N–H and O–H groups in total. The van der Waals surface area contributed by atoms with E-state index >= 15 is 0 Å². The molecule has 33 heavy (non-hydrogen) atoms. The first kappa shape index (κ1) is 22.9. The van der Waals surface area contributed by atoms with Crippen molar-refractivity contribution in [2.24, 2.45) is 0 Å². The molecule has 7 nitrogen and oxygen atoms in total. The summed E-state index contributed by atoms with van der Waals surface area (Å²) in [7, 11) is 0. The number of hydrogen-bond donors (Lipinski definition) is 2. The fourth-order valence-electron chi connectivity index (χ4n) is 3.31. The molecular weight excluding hydrogens is 455 g/mol. The van der Waals surface area contributed by atoms with Crippen LogP contribution in [-0.4, -0.2) is 37.1 Å². The van der Waals surface area contributed by atoms with E-state index in [-0.39, 0.29) is 24.2 Å². The van der Waals surface area contributed by atoms with E-state index in [9.17, 15) is 18.0 Å². The van der Waals surface area contributed by atoms with Crippen LogP contribution in [0.2, 0.25) is 0 Å². The highest BCUT2D eigenvalue weighted by Crippen LogP contribution is 2.30. The van der Waals surface area contributed by atoms with Gasteiger partial charge in [0.1, 0.15) is 11.2 Å². The zero-order chi connectivity index (χ0) is 23.6. The van der Waals surface area contributed by atoms with E-state index in [1.165, 1.54) is 29.7 Å². The van der Waals surface area contributed by atoms with Crippen molar-refractivity contribution >= 4 is 28.3 Å². The van der Waals surface area contributed by atoms with Gasteiger partial charge in [0, 0.05) is 24.0 Å². The maximum absolute atomic E-state index is 12.7. The molecule has 0 fully saturated rings. The monoisotopic (exact) mass is 475 g/mol. The van der Waals surface area contributed by atoms with Crippen LogP contribution in [0.5, 0.6) is 0 Å². The number of nitrogens with one attached hydrogen (secondary N) is 1. The average Bonchev–Trinajstić information content (AvgIpc) is 3.41. The van der Waals surface area contributed by atoms with Crippen LogP contribution < -0.4 is 5.32 Å². The fourth-order valence-corrected chi connectivity index (χ4v) is 4.26. The summed E-state index contributed by atoms with van der Waals surface area (Å²) >= 11 is 1.39. The van der Waals surface area contributed by atoms with Crippen LogP contribution in [-0.2, 0) is 19.1 Å². The fraction of sp³-hybridized carbons (Fsp3) is 0.273. The number of nitrogens with zero attached hydrogens (tertiary/aromatic N) is 4. The Bertz CT molecular complexity index is 1270. The van der Waals surface area contributed by atoms with Gasteiger partial charge in [0.25, 0.3) is 5.91 Å². The Morgan fingerprint density at radius 3 is 2.64 bits per heavy atom. The van der Waals surface area contributed by atoms with Crippen LogP contribution in [0, 0.1) is 0 Å². The number of pyridine rings is 1. The van der Waals surface area contributed by atoms with E-state index in [0.717, 1.165) is 27.6 Å². The predicted molar refractivity (Wildman–Crippen MR) is 117 cm³/mol. The number of amides is 1. The van der Waals surface area contributed by atoms with Crippen LogP contribution in [0.15, 0.2) is 49.1 Å². The van der Waals surface area contributed by atoms with Gasteiger partial charge in [-0.1, -0.05) is 12.1 Å². The van der Waals surface area contributed by atoms with Gasteiger partial charge in [-0.2, -0.15) is 13.2 Å². The number of carbonyl (C=O) groups is 1. The summed E-state index contributed by atoms with van der Waals surface area (Å²) in [5, 5.41) is 12.8. The van der Waals surface area contributed by atoms with Gasteiger partial charge in [-0.3, -0.25) is 4.79 Å². The van der Waals surface area contributed by atoms with Crippen molar-refractivity contribution in [3.8, 4) is 0 Å². The minimum atomic E-state index is -4.36. The Morgan fingerprint density at radius 2 is 1.94 bits per heavy atom. The van der Waals surface area contributed by atoms with E-state index in [2.05, 4.69) is 20.3 Å². The lowest BCUT2D eigenvalue weighted by molar-refractivity contribution is -0.137. The summed E-state index contributed by atoms with van der Waals surface area (Å²) in [5.41, 5.74) is 1.59. The van der Waals surface area contributed by atoms with Crippen molar-refractivity contribution in [1.29, 1.82) is 0 Å². The number of aliphatic hydroxyl groups excluding tert-OH is 1. The molecule has 0 saturated carbocycles. The molecule has 0 aliphatic rings. The van der Waals surface area contributed by atoms with Gasteiger partial charge in [-0.15, -0.1) is 11.3 Å². The summed E-state index contributed by atoms with van der Waals surface area (Å²) in [6.45, 7) is 2.13. The molecule has 172 valence electrons. The number of imidazole rings is 1. The number of aromatic nitrogens is 4. The van der Waals surface area contributed by atoms with Crippen molar-refractivity contribution in [3.63, 3.8) is 0 Å². The van der Waals surface area contributed by atoms with Gasteiger partial charge in [-0.25, -0.2) is 15.0 Å². The number of alkyl halides is 3. The first-order chi connectivity index (χ1) is 15.7. The number of fused-ring (bicyclic) bond motifs is 1. The zero-order valence-electron chi connectivity index (χ0n) is 17.5. The average molecular weight is 475 g/mol. The summed E-state index contributed by atoms with van der Waals surface area (Å²) in [4.78, 5) is 26.2. The summed E-state index contributed by atoms with van der Waals surface area (Å²) < 4.78 is 39.9. The molecule has 0 radical (unpaired) electrons. The third kappa shape index (κ3) is 5.20. The molecule has 1 unspecified atom stereocenters. The third-order valence-corrected chi connectivity index (χ3v) is 6.24. The molecule has 0 spiro atoms. The van der Waals surface area contributed by atoms with Crippen LogP contribution in [0.3, 0.4) is 0 Å². The van der Waals surface area contributed by atoms with Gasteiger partial charge in [0.15, 0.2) is 0 Å². The van der Waals surface area contributed by atoms with Crippen LogP contribution in [0.4, 0.5) is 13.2 Å². The number of benzene rings is 1. The second-order valence-corrected chi connectivity index (χ2v) is 8.59. The number of hydrogen-bond acceptors (Lipinski definition) is 6. The molecule has 3 aromatic heterocycles. The molecule has 4 rings (SSSR count). The van der Waals surface area contributed by atoms with Crippen molar-refractivity contribution in [2.45, 2.75) is 32.1 Å². The van der Waals surface area contributed by atoms with E-state index in [4.69, 9.17) is 5.11 Å². The quantitative estimate of drug-likeness (QED) is 0.422. The standard InChI is InChI=1S/C22H20F3N5O2S/c1-13(29-21(32)16-9-18-17(10-26-16)28-12-30(18)6-7-31)19-11-27-20(33-19)8-14-2-4-15(5-3-14)22(23,24)25/h2-5,9-13,31H,6-8H2,1H3,(H,29,32). The van der Waals surface area contributed by atoms with E-state index < -0.39 is 11.7 Å². The number of thiazole rings is 1. The molecule has 3 heterocycles. The van der Waals surface area contributed by atoms with Crippen molar-refractivity contribution in [1.82, 2.24) is 24.8 Å². The van der Waals surface area contributed by atoms with Gasteiger partial charge in [-0.05, 0) is 30.7 Å². The van der Waals surface area contributed by atoms with Crippen LogP contribution in [0.1, 0.15) is 44.5 Å². The number of aliphatic hydroxyl groups is 1. The highest BCUT2D eigenvalue weighted by atomic mass is 32.1.